The fourth-order valence-corrected chi connectivity index (χ4v) is 5.03. The number of thiazole rings is 1. The molecule has 0 saturated heterocycles. The van der Waals surface area contributed by atoms with Gasteiger partial charge in [0.1, 0.15) is 11.9 Å². The van der Waals surface area contributed by atoms with E-state index in [9.17, 15) is 9.59 Å². The minimum Gasteiger partial charge on any atom is -0.480 e. The summed E-state index contributed by atoms with van der Waals surface area (Å²) >= 11 is 1.39. The molecule has 0 fully saturated rings. The number of carboxylic acid groups (broad SMARTS) is 1. The minimum atomic E-state index is -1.01. The standard InChI is InChI=1S/C26H29N7O3S/c1-4-28-25(36)33-26-32-20-11-16(10-18(22(20)37-26)19-7-5-6-8-29-19)17-12-30-23(31-13-17)15(3)9-14(2)21(27)24(34)35/h5-8,10-15,21H,4,9,27H2,1-3H3,(H,34,35)(H2,28,32,33,36)/t14?,15-,21-/m1/s1. The smallest absolute Gasteiger partial charge is 0.321 e. The maximum atomic E-state index is 12.0. The summed E-state index contributed by atoms with van der Waals surface area (Å²) < 4.78 is 0.907. The van der Waals surface area contributed by atoms with Crippen molar-refractivity contribution in [2.75, 3.05) is 11.9 Å². The number of urea groups is 1. The number of anilines is 1. The van der Waals surface area contributed by atoms with Crippen LogP contribution in [0.15, 0.2) is 48.9 Å². The molecule has 0 radical (unpaired) electrons. The molecule has 0 bridgehead atoms. The molecule has 0 spiro atoms. The van der Waals surface area contributed by atoms with Gasteiger partial charge in [-0.25, -0.2) is 19.7 Å². The van der Waals surface area contributed by atoms with Gasteiger partial charge in [-0.15, -0.1) is 0 Å². The number of benzene rings is 1. The molecule has 3 atom stereocenters. The van der Waals surface area contributed by atoms with E-state index in [4.69, 9.17) is 10.8 Å². The summed E-state index contributed by atoms with van der Waals surface area (Å²) in [6.45, 7) is 6.15. The maximum absolute atomic E-state index is 12.0. The summed E-state index contributed by atoms with van der Waals surface area (Å²) in [6, 6.07) is 8.44. The third-order valence-electron chi connectivity index (χ3n) is 6.06. The Morgan fingerprint density at radius 2 is 1.86 bits per heavy atom. The fraction of sp³-hybridized carbons (Fsp3) is 0.308. The van der Waals surface area contributed by atoms with Crippen LogP contribution in [0.4, 0.5) is 9.93 Å². The molecule has 5 N–H and O–H groups in total. The Balaban J connectivity index is 1.66. The Hall–Kier alpha value is -3.96. The third-order valence-corrected chi connectivity index (χ3v) is 7.08. The van der Waals surface area contributed by atoms with Crippen LogP contribution in [0.1, 0.15) is 38.9 Å². The first-order chi connectivity index (χ1) is 17.8. The van der Waals surface area contributed by atoms with E-state index in [0.29, 0.717) is 23.9 Å². The van der Waals surface area contributed by atoms with Crippen LogP contribution in [0.25, 0.3) is 32.6 Å². The van der Waals surface area contributed by atoms with E-state index in [-0.39, 0.29) is 17.9 Å². The van der Waals surface area contributed by atoms with Gasteiger partial charge in [0.15, 0.2) is 5.13 Å². The van der Waals surface area contributed by atoms with Gasteiger partial charge in [-0.1, -0.05) is 31.3 Å². The lowest BCUT2D eigenvalue weighted by Gasteiger charge is -2.19. The average Bonchev–Trinajstić information content (AvgIpc) is 3.30. The number of fused-ring (bicyclic) bond motifs is 1. The van der Waals surface area contributed by atoms with Crippen molar-refractivity contribution >= 4 is 38.7 Å². The number of pyridine rings is 1. The van der Waals surface area contributed by atoms with Crippen molar-refractivity contribution in [1.29, 1.82) is 0 Å². The molecule has 1 aromatic carbocycles. The first-order valence-electron chi connectivity index (χ1n) is 12.0. The van der Waals surface area contributed by atoms with E-state index < -0.39 is 12.0 Å². The Morgan fingerprint density at radius 3 is 2.51 bits per heavy atom. The van der Waals surface area contributed by atoms with Crippen molar-refractivity contribution in [2.45, 2.75) is 39.2 Å². The molecule has 4 rings (SSSR count). The van der Waals surface area contributed by atoms with Crippen LogP contribution in [-0.4, -0.2) is 49.6 Å². The summed E-state index contributed by atoms with van der Waals surface area (Å²) in [5.74, 6) is -0.656. The monoisotopic (exact) mass is 519 g/mol. The number of carboxylic acids is 1. The number of nitrogens with two attached hydrogens (primary N) is 1. The molecule has 0 aliphatic rings. The van der Waals surface area contributed by atoms with Gasteiger partial charge in [-0.2, -0.15) is 0 Å². The normalized spacial score (nSPS) is 13.6. The van der Waals surface area contributed by atoms with Gasteiger partial charge in [0.25, 0.3) is 0 Å². The second-order valence-electron chi connectivity index (χ2n) is 8.90. The lowest BCUT2D eigenvalue weighted by Crippen LogP contribution is -2.37. The number of nitrogens with one attached hydrogen (secondary N) is 2. The molecule has 11 heteroatoms. The molecule has 0 aliphatic heterocycles. The highest BCUT2D eigenvalue weighted by Crippen LogP contribution is 2.38. The zero-order valence-electron chi connectivity index (χ0n) is 20.8. The quantitative estimate of drug-likeness (QED) is 0.252. The number of nitrogens with zero attached hydrogens (tertiary/aromatic N) is 4. The molecule has 2 amide bonds. The summed E-state index contributed by atoms with van der Waals surface area (Å²) in [4.78, 5) is 41.5. The number of rotatable bonds is 9. The number of hydrogen-bond donors (Lipinski definition) is 4. The third kappa shape index (κ3) is 6.07. The van der Waals surface area contributed by atoms with Crippen LogP contribution in [0, 0.1) is 5.92 Å². The van der Waals surface area contributed by atoms with Crippen LogP contribution < -0.4 is 16.4 Å². The summed E-state index contributed by atoms with van der Waals surface area (Å²) in [7, 11) is 0. The van der Waals surface area contributed by atoms with Gasteiger partial charge >= 0.3 is 12.0 Å². The zero-order valence-corrected chi connectivity index (χ0v) is 21.6. The molecular weight excluding hydrogens is 490 g/mol. The van der Waals surface area contributed by atoms with E-state index >= 15 is 0 Å². The Bertz CT molecular complexity index is 1390. The predicted octanol–water partition coefficient (Wildman–Crippen LogP) is 4.50. The Labute approximate surface area is 218 Å². The SMILES string of the molecule is CCNC(=O)Nc1nc2cc(-c3cnc([C@H](C)CC(C)[C@@H](N)C(=O)O)nc3)cc(-c3ccccn3)c2s1. The van der Waals surface area contributed by atoms with Crippen LogP contribution in [0.2, 0.25) is 0 Å². The molecule has 10 nitrogen and oxygen atoms in total. The van der Waals surface area contributed by atoms with Gasteiger partial charge in [-0.3, -0.25) is 15.1 Å². The molecule has 1 unspecified atom stereocenters. The van der Waals surface area contributed by atoms with E-state index in [1.807, 2.05) is 51.1 Å². The van der Waals surface area contributed by atoms with Gasteiger partial charge < -0.3 is 16.2 Å². The molecule has 3 heterocycles. The fourth-order valence-electron chi connectivity index (χ4n) is 4.06. The Kier molecular flexibility index (Phi) is 8.04. The molecule has 0 aliphatic carbocycles. The topological polar surface area (TPSA) is 156 Å². The van der Waals surface area contributed by atoms with Crippen LogP contribution in [0.5, 0.6) is 0 Å². The number of hydrogen-bond acceptors (Lipinski definition) is 8. The van der Waals surface area contributed by atoms with E-state index in [1.165, 1.54) is 11.3 Å². The van der Waals surface area contributed by atoms with Crippen LogP contribution in [0.3, 0.4) is 0 Å². The first-order valence-corrected chi connectivity index (χ1v) is 12.8. The van der Waals surface area contributed by atoms with Crippen molar-refractivity contribution < 1.29 is 14.7 Å². The van der Waals surface area contributed by atoms with E-state index in [1.54, 1.807) is 18.6 Å². The number of carbonyl (C=O) groups is 2. The number of aromatic nitrogens is 4. The van der Waals surface area contributed by atoms with Crippen molar-refractivity contribution in [1.82, 2.24) is 25.3 Å². The van der Waals surface area contributed by atoms with Crippen LogP contribution in [-0.2, 0) is 4.79 Å². The minimum absolute atomic E-state index is 0.0533. The summed E-state index contributed by atoms with van der Waals surface area (Å²) in [5.41, 5.74) is 9.83. The largest absolute Gasteiger partial charge is 0.480 e. The molecular formula is C26H29N7O3S. The van der Waals surface area contributed by atoms with Gasteiger partial charge in [0.05, 0.1) is 15.9 Å². The molecule has 0 saturated carbocycles. The summed E-state index contributed by atoms with van der Waals surface area (Å²) in [5, 5.41) is 15.1. The van der Waals surface area contributed by atoms with Crippen LogP contribution >= 0.6 is 11.3 Å². The van der Waals surface area contributed by atoms with Gasteiger partial charge in [-0.05, 0) is 49.1 Å². The molecule has 37 heavy (non-hydrogen) atoms. The number of carbonyl (C=O) groups excluding carboxylic acids is 1. The highest BCUT2D eigenvalue weighted by atomic mass is 32.1. The van der Waals surface area contributed by atoms with E-state index in [0.717, 1.165) is 32.6 Å². The maximum Gasteiger partial charge on any atom is 0.321 e. The zero-order chi connectivity index (χ0) is 26.5. The van der Waals surface area contributed by atoms with E-state index in [2.05, 4.69) is 30.6 Å². The summed E-state index contributed by atoms with van der Waals surface area (Å²) in [6.07, 6.45) is 5.80. The van der Waals surface area contributed by atoms with Crippen molar-refractivity contribution in [3.05, 3.63) is 54.7 Å². The number of aliphatic carboxylic acids is 1. The first kappa shape index (κ1) is 26.1. The second-order valence-corrected chi connectivity index (χ2v) is 9.90. The van der Waals surface area contributed by atoms with Crippen molar-refractivity contribution in [3.8, 4) is 22.4 Å². The molecule has 3 aromatic heterocycles. The molecule has 192 valence electrons. The highest BCUT2D eigenvalue weighted by Gasteiger charge is 2.23. The van der Waals surface area contributed by atoms with Crippen molar-refractivity contribution in [3.63, 3.8) is 0 Å². The highest BCUT2D eigenvalue weighted by molar-refractivity contribution is 7.22. The predicted molar refractivity (Wildman–Crippen MR) is 144 cm³/mol. The average molecular weight is 520 g/mol. The Morgan fingerprint density at radius 1 is 1.11 bits per heavy atom. The molecule has 4 aromatic rings. The van der Waals surface area contributed by atoms with Crippen molar-refractivity contribution in [2.24, 2.45) is 11.7 Å². The van der Waals surface area contributed by atoms with Gasteiger partial charge in [0, 0.05) is 42.2 Å². The number of amides is 2. The lowest BCUT2D eigenvalue weighted by molar-refractivity contribution is -0.139. The second kappa shape index (κ2) is 11.4. The van der Waals surface area contributed by atoms with Gasteiger partial charge in [0.2, 0.25) is 0 Å². The lowest BCUT2D eigenvalue weighted by atomic mass is 9.91.